The quantitative estimate of drug-likeness (QED) is 0.544. The van der Waals surface area contributed by atoms with E-state index in [4.69, 9.17) is 4.74 Å². The largest absolute Gasteiger partial charge is 0.448 e. The lowest BCUT2D eigenvalue weighted by molar-refractivity contribution is 0.228. The van der Waals surface area contributed by atoms with Crippen LogP contribution in [0.25, 0.3) is 11.3 Å². The first kappa shape index (κ1) is 20.1. The standard InChI is InChI=1S/C24H29N5O/c1-5-6-15-25-23-27-22-20(28-29-23)18-9-7-8-10-19(18)26-21(30-22)16-11-13-17(14-12-16)24(2,3)4/h7-14,21,26H,5-6,15H2,1-4H3,(H,25,27,29). The van der Waals surface area contributed by atoms with E-state index in [0.29, 0.717) is 17.5 Å². The smallest absolute Gasteiger partial charge is 0.248 e. The van der Waals surface area contributed by atoms with Gasteiger partial charge in [-0.25, -0.2) is 0 Å². The normalized spacial score (nSPS) is 15.3. The van der Waals surface area contributed by atoms with Crippen LogP contribution < -0.4 is 15.4 Å². The van der Waals surface area contributed by atoms with Gasteiger partial charge in [0.05, 0.1) is 0 Å². The van der Waals surface area contributed by atoms with Gasteiger partial charge in [-0.1, -0.05) is 76.6 Å². The summed E-state index contributed by atoms with van der Waals surface area (Å²) in [4.78, 5) is 4.63. The molecule has 156 valence electrons. The first-order chi connectivity index (χ1) is 14.5. The summed E-state index contributed by atoms with van der Waals surface area (Å²) in [6.45, 7) is 9.60. The monoisotopic (exact) mass is 403 g/mol. The van der Waals surface area contributed by atoms with Crippen molar-refractivity contribution in [3.8, 4) is 17.1 Å². The first-order valence-corrected chi connectivity index (χ1v) is 10.6. The summed E-state index contributed by atoms with van der Waals surface area (Å²) in [5.41, 5.74) is 4.95. The topological polar surface area (TPSA) is 72.0 Å². The van der Waals surface area contributed by atoms with E-state index in [2.05, 4.69) is 77.8 Å². The van der Waals surface area contributed by atoms with Gasteiger partial charge in [0.15, 0.2) is 11.9 Å². The SMILES string of the molecule is CCCCNc1nnc2c(n1)OC(c1ccc(C(C)(C)C)cc1)Nc1ccccc1-2. The van der Waals surface area contributed by atoms with Gasteiger partial charge in [-0.2, -0.15) is 4.98 Å². The van der Waals surface area contributed by atoms with Crippen molar-refractivity contribution in [2.45, 2.75) is 52.2 Å². The molecule has 6 nitrogen and oxygen atoms in total. The van der Waals surface area contributed by atoms with Crippen molar-refractivity contribution in [2.75, 3.05) is 17.2 Å². The van der Waals surface area contributed by atoms with E-state index in [1.807, 2.05) is 24.3 Å². The molecule has 1 aromatic heterocycles. The van der Waals surface area contributed by atoms with Crippen LogP contribution in [0.3, 0.4) is 0 Å². The predicted octanol–water partition coefficient (Wildman–Crippen LogP) is 5.55. The molecule has 0 amide bonds. The van der Waals surface area contributed by atoms with Crippen molar-refractivity contribution in [2.24, 2.45) is 0 Å². The number of rotatable bonds is 5. The summed E-state index contributed by atoms with van der Waals surface area (Å²) in [5.74, 6) is 0.967. The number of hydrogen-bond donors (Lipinski definition) is 2. The van der Waals surface area contributed by atoms with Crippen LogP contribution in [0.4, 0.5) is 11.6 Å². The van der Waals surface area contributed by atoms with E-state index in [-0.39, 0.29) is 11.6 Å². The molecular formula is C24H29N5O. The molecule has 4 rings (SSSR count). The number of fused-ring (bicyclic) bond motifs is 3. The second-order valence-corrected chi connectivity index (χ2v) is 8.63. The lowest BCUT2D eigenvalue weighted by atomic mass is 9.86. The molecule has 1 atom stereocenters. The van der Waals surface area contributed by atoms with Crippen LogP contribution >= 0.6 is 0 Å². The third-order valence-electron chi connectivity index (χ3n) is 5.25. The number of hydrogen-bond acceptors (Lipinski definition) is 6. The highest BCUT2D eigenvalue weighted by atomic mass is 16.5. The molecule has 2 N–H and O–H groups in total. The molecule has 1 aliphatic rings. The Morgan fingerprint density at radius 1 is 1.03 bits per heavy atom. The van der Waals surface area contributed by atoms with Crippen molar-refractivity contribution in [3.63, 3.8) is 0 Å². The average Bonchev–Trinajstić information content (AvgIpc) is 2.90. The Morgan fingerprint density at radius 2 is 1.80 bits per heavy atom. The maximum atomic E-state index is 6.33. The zero-order valence-corrected chi connectivity index (χ0v) is 18.1. The molecule has 1 aliphatic heterocycles. The van der Waals surface area contributed by atoms with Crippen molar-refractivity contribution in [1.82, 2.24) is 15.2 Å². The highest BCUT2D eigenvalue weighted by Crippen LogP contribution is 2.39. The number of benzene rings is 2. The van der Waals surface area contributed by atoms with Crippen molar-refractivity contribution in [3.05, 3.63) is 59.7 Å². The van der Waals surface area contributed by atoms with Gasteiger partial charge in [0.25, 0.3) is 0 Å². The summed E-state index contributed by atoms with van der Waals surface area (Å²) >= 11 is 0. The number of aromatic nitrogens is 3. The van der Waals surface area contributed by atoms with Gasteiger partial charge in [0.1, 0.15) is 0 Å². The lowest BCUT2D eigenvalue weighted by Crippen LogP contribution is -2.18. The summed E-state index contributed by atoms with van der Waals surface area (Å²) in [6, 6.07) is 16.6. The molecule has 2 aromatic carbocycles. The predicted molar refractivity (Wildman–Crippen MR) is 121 cm³/mol. The molecule has 0 fully saturated rings. The Labute approximate surface area is 178 Å². The van der Waals surface area contributed by atoms with Gasteiger partial charge in [-0.05, 0) is 23.5 Å². The van der Waals surface area contributed by atoms with Crippen LogP contribution in [0.5, 0.6) is 5.88 Å². The minimum absolute atomic E-state index is 0.103. The maximum Gasteiger partial charge on any atom is 0.248 e. The number of ether oxygens (including phenoxy) is 1. The molecule has 0 saturated carbocycles. The molecule has 0 spiro atoms. The van der Waals surface area contributed by atoms with E-state index in [1.165, 1.54) is 5.56 Å². The van der Waals surface area contributed by atoms with Crippen molar-refractivity contribution >= 4 is 11.6 Å². The highest BCUT2D eigenvalue weighted by Gasteiger charge is 2.26. The van der Waals surface area contributed by atoms with E-state index < -0.39 is 0 Å². The zero-order valence-electron chi connectivity index (χ0n) is 18.1. The highest BCUT2D eigenvalue weighted by molar-refractivity contribution is 5.79. The van der Waals surface area contributed by atoms with Gasteiger partial charge in [-0.15, -0.1) is 10.2 Å². The minimum Gasteiger partial charge on any atom is -0.448 e. The summed E-state index contributed by atoms with van der Waals surface area (Å²) in [6.07, 6.45) is 1.78. The van der Waals surface area contributed by atoms with Crippen molar-refractivity contribution < 1.29 is 4.74 Å². The molecule has 2 heterocycles. The van der Waals surface area contributed by atoms with Crippen LogP contribution in [-0.4, -0.2) is 21.7 Å². The van der Waals surface area contributed by atoms with Crippen LogP contribution in [0.15, 0.2) is 48.5 Å². The molecule has 3 aromatic rings. The van der Waals surface area contributed by atoms with Gasteiger partial charge in [-0.3, -0.25) is 0 Å². The van der Waals surface area contributed by atoms with E-state index in [9.17, 15) is 0 Å². The third-order valence-corrected chi connectivity index (χ3v) is 5.25. The molecule has 0 aliphatic carbocycles. The molecule has 0 radical (unpaired) electrons. The number of anilines is 2. The van der Waals surface area contributed by atoms with E-state index in [0.717, 1.165) is 36.2 Å². The first-order valence-electron chi connectivity index (χ1n) is 10.6. The van der Waals surface area contributed by atoms with Crippen LogP contribution in [-0.2, 0) is 5.41 Å². The van der Waals surface area contributed by atoms with Gasteiger partial charge >= 0.3 is 0 Å². The fraction of sp³-hybridized carbons (Fsp3) is 0.375. The Morgan fingerprint density at radius 3 is 2.53 bits per heavy atom. The fourth-order valence-electron chi connectivity index (χ4n) is 3.42. The van der Waals surface area contributed by atoms with Gasteiger partial charge < -0.3 is 15.4 Å². The Balaban J connectivity index is 1.70. The molecule has 30 heavy (non-hydrogen) atoms. The Kier molecular flexibility index (Phi) is 5.57. The molecule has 0 bridgehead atoms. The average molecular weight is 404 g/mol. The molecule has 1 unspecified atom stereocenters. The summed E-state index contributed by atoms with van der Waals surface area (Å²) < 4.78 is 6.33. The Bertz CT molecular complexity index is 1010. The minimum atomic E-state index is -0.374. The third kappa shape index (κ3) is 4.22. The molecular weight excluding hydrogens is 374 g/mol. The van der Waals surface area contributed by atoms with E-state index in [1.54, 1.807) is 0 Å². The van der Waals surface area contributed by atoms with Crippen molar-refractivity contribution in [1.29, 1.82) is 0 Å². The van der Waals surface area contributed by atoms with Crippen LogP contribution in [0.2, 0.25) is 0 Å². The second-order valence-electron chi connectivity index (χ2n) is 8.63. The van der Waals surface area contributed by atoms with Crippen LogP contribution in [0, 0.1) is 0 Å². The number of nitrogens with one attached hydrogen (secondary N) is 2. The van der Waals surface area contributed by atoms with E-state index >= 15 is 0 Å². The zero-order chi connectivity index (χ0) is 21.1. The lowest BCUT2D eigenvalue weighted by Gasteiger charge is -2.22. The summed E-state index contributed by atoms with van der Waals surface area (Å²) in [5, 5.41) is 15.4. The fourth-order valence-corrected chi connectivity index (χ4v) is 3.42. The van der Waals surface area contributed by atoms with Crippen LogP contribution in [0.1, 0.15) is 57.9 Å². The van der Waals surface area contributed by atoms with Gasteiger partial charge in [0.2, 0.25) is 11.8 Å². The number of para-hydroxylation sites is 1. The molecule has 0 saturated heterocycles. The number of nitrogens with zero attached hydrogens (tertiary/aromatic N) is 3. The molecule has 6 heteroatoms. The maximum absolute atomic E-state index is 6.33. The second kappa shape index (κ2) is 8.30. The number of unbranched alkanes of at least 4 members (excludes halogenated alkanes) is 1. The Hall–Kier alpha value is -3.15. The van der Waals surface area contributed by atoms with Gasteiger partial charge in [0, 0.05) is 23.4 Å². The summed E-state index contributed by atoms with van der Waals surface area (Å²) in [7, 11) is 0.